The van der Waals surface area contributed by atoms with Gasteiger partial charge in [0.2, 0.25) is 5.91 Å². The summed E-state index contributed by atoms with van der Waals surface area (Å²) in [4.78, 5) is 11.5. The average molecular weight is 289 g/mol. The minimum absolute atomic E-state index is 0.188. The number of benzene rings is 2. The van der Waals surface area contributed by atoms with Gasteiger partial charge in [0.25, 0.3) is 0 Å². The summed E-state index contributed by atoms with van der Waals surface area (Å²) in [5, 5.41) is 3.41. The number of fused-ring (bicyclic) bond motifs is 1. The van der Waals surface area contributed by atoms with Crippen LogP contribution in [-0.4, -0.2) is 5.91 Å². The standard InChI is InChI=1S/C15H13ClN2O2/c16-10-3-1-2-9(6-10)8-20-11-4-5-12-13(7-11)18-15(19)14(12)17/h1-7,14H,8,17H2,(H,18,19). The molecule has 3 rings (SSSR count). The van der Waals surface area contributed by atoms with Crippen LogP contribution in [-0.2, 0) is 11.4 Å². The van der Waals surface area contributed by atoms with Gasteiger partial charge in [0, 0.05) is 22.3 Å². The molecule has 0 bridgehead atoms. The number of anilines is 1. The molecule has 1 unspecified atom stereocenters. The minimum Gasteiger partial charge on any atom is -0.489 e. The van der Waals surface area contributed by atoms with Crippen molar-refractivity contribution in [2.45, 2.75) is 12.6 Å². The number of amides is 1. The zero-order valence-corrected chi connectivity index (χ0v) is 11.4. The highest BCUT2D eigenvalue weighted by atomic mass is 35.5. The summed E-state index contributed by atoms with van der Waals surface area (Å²) >= 11 is 5.92. The van der Waals surface area contributed by atoms with E-state index in [1.165, 1.54) is 0 Å². The van der Waals surface area contributed by atoms with Gasteiger partial charge in [0.1, 0.15) is 18.4 Å². The molecule has 1 aliphatic heterocycles. The first-order valence-corrected chi connectivity index (χ1v) is 6.59. The number of halogens is 1. The molecule has 0 fully saturated rings. The predicted octanol–water partition coefficient (Wildman–Crippen LogP) is 2.87. The Morgan fingerprint density at radius 2 is 2.10 bits per heavy atom. The second kappa shape index (κ2) is 5.15. The van der Waals surface area contributed by atoms with Crippen LogP contribution in [0, 0.1) is 0 Å². The molecule has 0 radical (unpaired) electrons. The van der Waals surface area contributed by atoms with Gasteiger partial charge < -0.3 is 15.8 Å². The van der Waals surface area contributed by atoms with Gasteiger partial charge in [-0.1, -0.05) is 29.8 Å². The van der Waals surface area contributed by atoms with Crippen molar-refractivity contribution in [1.29, 1.82) is 0 Å². The molecular weight excluding hydrogens is 276 g/mol. The lowest BCUT2D eigenvalue weighted by atomic mass is 10.1. The Kier molecular flexibility index (Phi) is 3.34. The molecule has 20 heavy (non-hydrogen) atoms. The zero-order valence-electron chi connectivity index (χ0n) is 10.6. The van der Waals surface area contributed by atoms with E-state index in [0.29, 0.717) is 23.1 Å². The van der Waals surface area contributed by atoms with Crippen molar-refractivity contribution in [1.82, 2.24) is 0 Å². The van der Waals surface area contributed by atoms with Crippen molar-refractivity contribution in [3.63, 3.8) is 0 Å². The van der Waals surface area contributed by atoms with Gasteiger partial charge in [-0.05, 0) is 23.8 Å². The maximum atomic E-state index is 11.5. The van der Waals surface area contributed by atoms with E-state index >= 15 is 0 Å². The molecule has 0 saturated heterocycles. The van der Waals surface area contributed by atoms with E-state index < -0.39 is 6.04 Å². The van der Waals surface area contributed by atoms with Gasteiger partial charge in [0.15, 0.2) is 0 Å². The Labute approximate surface area is 121 Å². The van der Waals surface area contributed by atoms with Crippen LogP contribution in [0.25, 0.3) is 0 Å². The van der Waals surface area contributed by atoms with Crippen LogP contribution >= 0.6 is 11.6 Å². The van der Waals surface area contributed by atoms with E-state index in [1.54, 1.807) is 6.07 Å². The summed E-state index contributed by atoms with van der Waals surface area (Å²) in [5.74, 6) is 0.491. The molecule has 3 N–H and O–H groups in total. The van der Waals surface area contributed by atoms with Gasteiger partial charge in [0.05, 0.1) is 0 Å². The molecule has 4 nitrogen and oxygen atoms in total. The number of nitrogens with two attached hydrogens (primary N) is 1. The van der Waals surface area contributed by atoms with E-state index in [2.05, 4.69) is 5.32 Å². The van der Waals surface area contributed by atoms with Crippen LogP contribution < -0.4 is 15.8 Å². The Hall–Kier alpha value is -2.04. The number of carbonyl (C=O) groups excluding carboxylic acids is 1. The second-order valence-corrected chi connectivity index (χ2v) is 5.07. The first kappa shape index (κ1) is 13.0. The third kappa shape index (κ3) is 2.48. The largest absolute Gasteiger partial charge is 0.489 e. The summed E-state index contributed by atoms with van der Waals surface area (Å²) in [6, 6.07) is 12.3. The molecule has 0 aromatic heterocycles. The molecule has 102 valence electrons. The average Bonchev–Trinajstić information content (AvgIpc) is 2.72. The summed E-state index contributed by atoms with van der Waals surface area (Å²) in [6.07, 6.45) is 0. The van der Waals surface area contributed by atoms with Gasteiger partial charge in [-0.2, -0.15) is 0 Å². The fraction of sp³-hybridized carbons (Fsp3) is 0.133. The highest BCUT2D eigenvalue weighted by Gasteiger charge is 2.27. The van der Waals surface area contributed by atoms with Crippen LogP contribution in [0.2, 0.25) is 5.02 Å². The first-order valence-electron chi connectivity index (χ1n) is 6.21. The Bertz CT molecular complexity index is 673. The Morgan fingerprint density at radius 1 is 1.25 bits per heavy atom. The Morgan fingerprint density at radius 3 is 2.90 bits per heavy atom. The second-order valence-electron chi connectivity index (χ2n) is 4.63. The topological polar surface area (TPSA) is 64.4 Å². The molecule has 1 atom stereocenters. The summed E-state index contributed by atoms with van der Waals surface area (Å²) in [7, 11) is 0. The highest BCUT2D eigenvalue weighted by molar-refractivity contribution is 6.30. The molecule has 1 heterocycles. The molecule has 0 spiro atoms. The van der Waals surface area contributed by atoms with E-state index in [9.17, 15) is 4.79 Å². The van der Waals surface area contributed by atoms with Crippen molar-refractivity contribution in [2.75, 3.05) is 5.32 Å². The molecule has 0 aliphatic carbocycles. The van der Waals surface area contributed by atoms with Crippen molar-refractivity contribution in [2.24, 2.45) is 5.73 Å². The van der Waals surface area contributed by atoms with E-state index in [0.717, 1.165) is 11.1 Å². The van der Waals surface area contributed by atoms with Crippen molar-refractivity contribution in [3.05, 3.63) is 58.6 Å². The molecule has 2 aromatic carbocycles. The maximum Gasteiger partial charge on any atom is 0.245 e. The number of hydrogen-bond acceptors (Lipinski definition) is 3. The quantitative estimate of drug-likeness (QED) is 0.913. The van der Waals surface area contributed by atoms with Crippen molar-refractivity contribution in [3.8, 4) is 5.75 Å². The van der Waals surface area contributed by atoms with Crippen LogP contribution in [0.3, 0.4) is 0 Å². The molecule has 1 amide bonds. The highest BCUT2D eigenvalue weighted by Crippen LogP contribution is 2.32. The van der Waals surface area contributed by atoms with E-state index in [4.69, 9.17) is 22.1 Å². The maximum absolute atomic E-state index is 11.5. The fourth-order valence-corrected chi connectivity index (χ4v) is 2.36. The van der Waals surface area contributed by atoms with Crippen molar-refractivity contribution >= 4 is 23.2 Å². The summed E-state index contributed by atoms with van der Waals surface area (Å²) < 4.78 is 5.69. The van der Waals surface area contributed by atoms with Crippen LogP contribution in [0.15, 0.2) is 42.5 Å². The van der Waals surface area contributed by atoms with Gasteiger partial charge in [-0.3, -0.25) is 4.79 Å². The predicted molar refractivity (Wildman–Crippen MR) is 77.8 cm³/mol. The molecular formula is C15H13ClN2O2. The lowest BCUT2D eigenvalue weighted by Gasteiger charge is -2.08. The van der Waals surface area contributed by atoms with Crippen LogP contribution in [0.5, 0.6) is 5.75 Å². The minimum atomic E-state index is -0.591. The zero-order chi connectivity index (χ0) is 14.1. The number of ether oxygens (including phenoxy) is 1. The molecule has 2 aromatic rings. The lowest BCUT2D eigenvalue weighted by Crippen LogP contribution is -2.19. The first-order chi connectivity index (χ1) is 9.63. The molecule has 5 heteroatoms. The van der Waals surface area contributed by atoms with Crippen LogP contribution in [0.1, 0.15) is 17.2 Å². The van der Waals surface area contributed by atoms with Crippen LogP contribution in [0.4, 0.5) is 5.69 Å². The van der Waals surface area contributed by atoms with Crippen molar-refractivity contribution < 1.29 is 9.53 Å². The lowest BCUT2D eigenvalue weighted by molar-refractivity contribution is -0.116. The van der Waals surface area contributed by atoms with E-state index in [1.807, 2.05) is 36.4 Å². The SMILES string of the molecule is NC1C(=O)Nc2cc(OCc3cccc(Cl)c3)ccc21. The normalized spacial score (nSPS) is 16.7. The monoisotopic (exact) mass is 288 g/mol. The van der Waals surface area contributed by atoms with Gasteiger partial charge >= 0.3 is 0 Å². The smallest absolute Gasteiger partial charge is 0.245 e. The number of hydrogen-bond donors (Lipinski definition) is 2. The van der Waals surface area contributed by atoms with Gasteiger partial charge in [-0.25, -0.2) is 0 Å². The third-order valence-corrected chi connectivity index (χ3v) is 3.43. The molecule has 1 aliphatic rings. The summed E-state index contributed by atoms with van der Waals surface area (Å²) in [6.45, 7) is 0.416. The van der Waals surface area contributed by atoms with Gasteiger partial charge in [-0.15, -0.1) is 0 Å². The fourth-order valence-electron chi connectivity index (χ4n) is 2.15. The third-order valence-electron chi connectivity index (χ3n) is 3.19. The summed E-state index contributed by atoms with van der Waals surface area (Å²) in [5.41, 5.74) is 8.25. The Balaban J connectivity index is 1.74. The van der Waals surface area contributed by atoms with E-state index in [-0.39, 0.29) is 5.91 Å². The number of rotatable bonds is 3. The number of carbonyl (C=O) groups is 1. The number of nitrogens with one attached hydrogen (secondary N) is 1. The molecule has 0 saturated carbocycles.